The van der Waals surface area contributed by atoms with Gasteiger partial charge in [-0.2, -0.15) is 0 Å². The molecule has 0 bridgehead atoms. The van der Waals surface area contributed by atoms with E-state index in [-0.39, 0.29) is 5.91 Å². The smallest absolute Gasteiger partial charge is 0.309 e. The number of aliphatic carboxylic acids is 1. The van der Waals surface area contributed by atoms with Crippen LogP contribution >= 0.6 is 0 Å². The summed E-state index contributed by atoms with van der Waals surface area (Å²) in [5.74, 6) is -0.888. The molecule has 1 fully saturated rings. The molecule has 0 radical (unpaired) electrons. The van der Waals surface area contributed by atoms with Gasteiger partial charge < -0.3 is 10.0 Å². The van der Waals surface area contributed by atoms with Gasteiger partial charge in [0.15, 0.2) is 0 Å². The zero-order valence-electron chi connectivity index (χ0n) is 10.9. The third kappa shape index (κ3) is 2.57. The predicted molar refractivity (Wildman–Crippen MR) is 67.5 cm³/mol. The molecule has 1 amide bonds. The fraction of sp³-hybridized carbons (Fsp3) is 0.538. The fourth-order valence-corrected chi connectivity index (χ4v) is 2.45. The van der Waals surface area contributed by atoms with Crippen LogP contribution in [0.2, 0.25) is 0 Å². The first-order valence-corrected chi connectivity index (χ1v) is 6.37. The van der Waals surface area contributed by atoms with Crippen molar-refractivity contribution in [2.24, 2.45) is 5.41 Å². The van der Waals surface area contributed by atoms with Gasteiger partial charge in [0.2, 0.25) is 0 Å². The first kappa shape index (κ1) is 13.5. The van der Waals surface area contributed by atoms with Crippen LogP contribution in [0.4, 0.5) is 0 Å². The zero-order valence-corrected chi connectivity index (χ0v) is 10.9. The molecule has 102 valence electrons. The lowest BCUT2D eigenvalue weighted by Crippen LogP contribution is -2.46. The van der Waals surface area contributed by atoms with Crippen LogP contribution in [0.5, 0.6) is 0 Å². The second-order valence-corrected chi connectivity index (χ2v) is 4.86. The Labute approximate surface area is 111 Å². The van der Waals surface area contributed by atoms with Crippen molar-refractivity contribution < 1.29 is 14.7 Å². The quantitative estimate of drug-likeness (QED) is 0.885. The second kappa shape index (κ2) is 5.34. The van der Waals surface area contributed by atoms with Gasteiger partial charge in [-0.05, 0) is 19.3 Å². The molecule has 0 atom stereocenters. The van der Waals surface area contributed by atoms with E-state index in [0.29, 0.717) is 37.9 Å². The van der Waals surface area contributed by atoms with Crippen molar-refractivity contribution in [1.82, 2.24) is 14.9 Å². The van der Waals surface area contributed by atoms with Crippen molar-refractivity contribution in [2.75, 3.05) is 13.1 Å². The summed E-state index contributed by atoms with van der Waals surface area (Å²) in [5.41, 5.74) is -0.230. The number of likely N-dealkylation sites (tertiary alicyclic amines) is 1. The van der Waals surface area contributed by atoms with E-state index in [0.717, 1.165) is 0 Å². The van der Waals surface area contributed by atoms with Gasteiger partial charge in [-0.15, -0.1) is 0 Å². The van der Waals surface area contributed by atoms with Gasteiger partial charge in [0.1, 0.15) is 6.33 Å². The van der Waals surface area contributed by atoms with Crippen molar-refractivity contribution in [3.8, 4) is 0 Å². The van der Waals surface area contributed by atoms with Crippen LogP contribution in [-0.4, -0.2) is 44.9 Å². The van der Waals surface area contributed by atoms with E-state index in [1.165, 1.54) is 18.7 Å². The Hall–Kier alpha value is -1.98. The number of amides is 1. The topological polar surface area (TPSA) is 83.4 Å². The maximum Gasteiger partial charge on any atom is 0.309 e. The molecule has 1 aromatic rings. The van der Waals surface area contributed by atoms with Crippen molar-refractivity contribution in [2.45, 2.75) is 26.2 Å². The summed E-state index contributed by atoms with van der Waals surface area (Å²) in [6.45, 7) is 2.82. The van der Waals surface area contributed by atoms with Gasteiger partial charge in [0, 0.05) is 25.5 Å². The van der Waals surface area contributed by atoms with Crippen LogP contribution in [0.3, 0.4) is 0 Å². The van der Waals surface area contributed by atoms with Gasteiger partial charge in [0.25, 0.3) is 5.91 Å². The lowest BCUT2D eigenvalue weighted by atomic mass is 9.76. The number of carboxylic acid groups (broad SMARTS) is 1. The van der Waals surface area contributed by atoms with E-state index >= 15 is 0 Å². The highest BCUT2D eigenvalue weighted by Gasteiger charge is 2.40. The molecule has 0 saturated carbocycles. The van der Waals surface area contributed by atoms with Crippen molar-refractivity contribution >= 4 is 11.9 Å². The Balaban J connectivity index is 2.04. The third-order valence-electron chi connectivity index (χ3n) is 3.95. The number of carbonyl (C=O) groups excluding carboxylic acids is 1. The molecule has 19 heavy (non-hydrogen) atoms. The van der Waals surface area contributed by atoms with Gasteiger partial charge in [0.05, 0.1) is 11.0 Å². The number of hydrogen-bond acceptors (Lipinski definition) is 4. The Morgan fingerprint density at radius 3 is 2.37 bits per heavy atom. The lowest BCUT2D eigenvalue weighted by molar-refractivity contribution is -0.152. The van der Waals surface area contributed by atoms with Crippen molar-refractivity contribution in [3.05, 3.63) is 24.3 Å². The molecule has 2 heterocycles. The molecule has 2 rings (SSSR count). The fourth-order valence-electron chi connectivity index (χ4n) is 2.45. The normalized spacial score (nSPS) is 18.1. The highest BCUT2D eigenvalue weighted by molar-refractivity contribution is 5.93. The van der Waals surface area contributed by atoms with Crippen molar-refractivity contribution in [3.63, 3.8) is 0 Å². The number of piperidine rings is 1. The SMILES string of the molecule is CCC1(C(=O)O)CCN(C(=O)c2cncnc2)CC1. The largest absolute Gasteiger partial charge is 0.481 e. The predicted octanol–water partition coefficient (Wildman–Crippen LogP) is 1.19. The number of hydrogen-bond donors (Lipinski definition) is 1. The van der Waals surface area contributed by atoms with E-state index in [1.807, 2.05) is 6.92 Å². The second-order valence-electron chi connectivity index (χ2n) is 4.86. The molecule has 0 unspecified atom stereocenters. The molecule has 0 aromatic carbocycles. The average molecular weight is 263 g/mol. The number of nitrogens with zero attached hydrogens (tertiary/aromatic N) is 3. The summed E-state index contributed by atoms with van der Waals surface area (Å²) in [6, 6.07) is 0. The summed E-state index contributed by atoms with van der Waals surface area (Å²) in [7, 11) is 0. The molecule has 6 heteroatoms. The van der Waals surface area contributed by atoms with Crippen LogP contribution in [0, 0.1) is 5.41 Å². The van der Waals surface area contributed by atoms with Crippen LogP contribution in [0.25, 0.3) is 0 Å². The van der Waals surface area contributed by atoms with Gasteiger partial charge in [-0.3, -0.25) is 9.59 Å². The molecule has 1 aliphatic rings. The first-order valence-electron chi connectivity index (χ1n) is 6.37. The van der Waals surface area contributed by atoms with Crippen molar-refractivity contribution in [1.29, 1.82) is 0 Å². The van der Waals surface area contributed by atoms with E-state index in [2.05, 4.69) is 9.97 Å². The van der Waals surface area contributed by atoms with Crippen LogP contribution in [0.1, 0.15) is 36.5 Å². The van der Waals surface area contributed by atoms with Gasteiger partial charge >= 0.3 is 5.97 Å². The number of carboxylic acids is 1. The van der Waals surface area contributed by atoms with Crippen LogP contribution in [-0.2, 0) is 4.79 Å². The number of aromatic nitrogens is 2. The maximum absolute atomic E-state index is 12.2. The highest BCUT2D eigenvalue weighted by Crippen LogP contribution is 2.35. The van der Waals surface area contributed by atoms with E-state index in [1.54, 1.807) is 4.90 Å². The summed E-state index contributed by atoms with van der Waals surface area (Å²) < 4.78 is 0. The summed E-state index contributed by atoms with van der Waals surface area (Å²) in [6.07, 6.45) is 5.93. The minimum absolute atomic E-state index is 0.129. The van der Waals surface area contributed by atoms with Gasteiger partial charge in [-0.25, -0.2) is 9.97 Å². The van der Waals surface area contributed by atoms with E-state index < -0.39 is 11.4 Å². The maximum atomic E-state index is 12.2. The average Bonchev–Trinajstić information content (AvgIpc) is 2.47. The summed E-state index contributed by atoms with van der Waals surface area (Å²) in [5, 5.41) is 9.31. The van der Waals surface area contributed by atoms with E-state index in [4.69, 9.17) is 0 Å². The molecule has 1 aromatic heterocycles. The number of carbonyl (C=O) groups is 2. The standard InChI is InChI=1S/C13H17N3O3/c1-2-13(12(18)19)3-5-16(6-4-13)11(17)10-7-14-9-15-8-10/h7-9H,2-6H2,1H3,(H,18,19). The molecular formula is C13H17N3O3. The van der Waals surface area contributed by atoms with Crippen LogP contribution < -0.4 is 0 Å². The minimum Gasteiger partial charge on any atom is -0.481 e. The lowest BCUT2D eigenvalue weighted by Gasteiger charge is -2.38. The molecular weight excluding hydrogens is 246 g/mol. The Morgan fingerprint density at radius 1 is 1.32 bits per heavy atom. The molecule has 6 nitrogen and oxygen atoms in total. The monoisotopic (exact) mass is 263 g/mol. The molecule has 0 spiro atoms. The molecule has 0 aliphatic carbocycles. The van der Waals surface area contributed by atoms with Gasteiger partial charge in [-0.1, -0.05) is 6.92 Å². The third-order valence-corrected chi connectivity index (χ3v) is 3.95. The molecule has 1 N–H and O–H groups in total. The van der Waals surface area contributed by atoms with Crippen LogP contribution in [0.15, 0.2) is 18.7 Å². The summed E-state index contributed by atoms with van der Waals surface area (Å²) in [4.78, 5) is 32.8. The summed E-state index contributed by atoms with van der Waals surface area (Å²) >= 11 is 0. The Kier molecular flexibility index (Phi) is 3.78. The molecule has 1 aliphatic heterocycles. The number of rotatable bonds is 3. The zero-order chi connectivity index (χ0) is 13.9. The Bertz CT molecular complexity index is 467. The Morgan fingerprint density at radius 2 is 1.89 bits per heavy atom. The highest BCUT2D eigenvalue weighted by atomic mass is 16.4. The first-order chi connectivity index (χ1) is 9.09. The molecule has 1 saturated heterocycles. The van der Waals surface area contributed by atoms with E-state index in [9.17, 15) is 14.7 Å². The minimum atomic E-state index is -0.759.